The first-order valence-electron chi connectivity index (χ1n) is 9.89. The van der Waals surface area contributed by atoms with E-state index in [1.807, 2.05) is 60.7 Å². The molecule has 0 aliphatic rings. The lowest BCUT2D eigenvalue weighted by atomic mass is 10.1. The first-order chi connectivity index (χ1) is 15.0. The Morgan fingerprint density at radius 3 is 1.94 bits per heavy atom. The van der Waals surface area contributed by atoms with Crippen LogP contribution in [0.4, 0.5) is 4.39 Å². The van der Waals surface area contributed by atoms with E-state index < -0.39 is 11.8 Å². The van der Waals surface area contributed by atoms with Crippen LogP contribution < -0.4 is 4.74 Å². The number of methoxy groups -OCH3 is 1. The van der Waals surface area contributed by atoms with Crippen molar-refractivity contribution in [2.45, 2.75) is 19.5 Å². The third-order valence-electron chi connectivity index (χ3n) is 4.71. The van der Waals surface area contributed by atoms with Crippen LogP contribution in [0.15, 0.2) is 78.9 Å². The van der Waals surface area contributed by atoms with E-state index in [2.05, 4.69) is 0 Å². The smallest absolute Gasteiger partial charge is 0.310 e. The Labute approximate surface area is 181 Å². The van der Waals surface area contributed by atoms with Gasteiger partial charge in [0, 0.05) is 13.1 Å². The molecule has 3 aromatic carbocycles. The van der Waals surface area contributed by atoms with E-state index >= 15 is 0 Å². The van der Waals surface area contributed by atoms with E-state index in [4.69, 9.17) is 9.47 Å². The predicted molar refractivity (Wildman–Crippen MR) is 115 cm³/mol. The summed E-state index contributed by atoms with van der Waals surface area (Å²) in [5.41, 5.74) is 2.40. The van der Waals surface area contributed by atoms with Crippen molar-refractivity contribution in [1.29, 1.82) is 0 Å². The highest BCUT2D eigenvalue weighted by atomic mass is 19.1. The zero-order chi connectivity index (χ0) is 22.1. The summed E-state index contributed by atoms with van der Waals surface area (Å²) in [5, 5.41) is 0. The number of amides is 1. The molecule has 31 heavy (non-hydrogen) atoms. The molecule has 0 bridgehead atoms. The normalized spacial score (nSPS) is 10.4. The molecule has 0 aliphatic heterocycles. The van der Waals surface area contributed by atoms with Gasteiger partial charge in [-0.15, -0.1) is 0 Å². The second-order valence-electron chi connectivity index (χ2n) is 7.03. The fraction of sp³-hybridized carbons (Fsp3) is 0.200. The highest BCUT2D eigenvalue weighted by Gasteiger charge is 2.17. The highest BCUT2D eigenvalue weighted by Crippen LogP contribution is 2.18. The molecule has 160 valence electrons. The van der Waals surface area contributed by atoms with E-state index in [0.717, 1.165) is 11.1 Å². The molecule has 0 fully saturated rings. The zero-order valence-electron chi connectivity index (χ0n) is 17.3. The van der Waals surface area contributed by atoms with Crippen LogP contribution in [0.2, 0.25) is 0 Å². The topological polar surface area (TPSA) is 55.8 Å². The monoisotopic (exact) mass is 421 g/mol. The fourth-order valence-electron chi connectivity index (χ4n) is 3.11. The minimum Gasteiger partial charge on any atom is -0.494 e. The lowest BCUT2D eigenvalue weighted by Gasteiger charge is -2.23. The van der Waals surface area contributed by atoms with Gasteiger partial charge in [0.25, 0.3) is 5.91 Å². The molecular weight excluding hydrogens is 397 g/mol. The molecule has 0 spiro atoms. The van der Waals surface area contributed by atoms with Gasteiger partial charge in [-0.3, -0.25) is 9.59 Å². The molecule has 0 saturated carbocycles. The second-order valence-corrected chi connectivity index (χ2v) is 7.03. The van der Waals surface area contributed by atoms with Crippen molar-refractivity contribution in [3.8, 4) is 5.75 Å². The van der Waals surface area contributed by atoms with Gasteiger partial charge in [0.05, 0.1) is 13.5 Å². The number of hydrogen-bond acceptors (Lipinski definition) is 4. The van der Waals surface area contributed by atoms with Gasteiger partial charge >= 0.3 is 5.97 Å². The maximum absolute atomic E-state index is 13.8. The first kappa shape index (κ1) is 22.0. The molecule has 6 heteroatoms. The van der Waals surface area contributed by atoms with Gasteiger partial charge in [0.2, 0.25) is 0 Å². The van der Waals surface area contributed by atoms with E-state index in [1.54, 1.807) is 11.0 Å². The SMILES string of the molecule is COc1ccc(CC(=O)OCC(=O)N(Cc2ccccc2)Cc2ccccc2)cc1F. The van der Waals surface area contributed by atoms with E-state index in [9.17, 15) is 14.0 Å². The van der Waals surface area contributed by atoms with Crippen molar-refractivity contribution in [2.75, 3.05) is 13.7 Å². The largest absolute Gasteiger partial charge is 0.494 e. The maximum atomic E-state index is 13.8. The average Bonchev–Trinajstić information content (AvgIpc) is 2.78. The number of benzene rings is 3. The maximum Gasteiger partial charge on any atom is 0.310 e. The van der Waals surface area contributed by atoms with Gasteiger partial charge in [-0.25, -0.2) is 4.39 Å². The Bertz CT molecular complexity index is 967. The molecule has 3 aromatic rings. The molecule has 0 atom stereocenters. The van der Waals surface area contributed by atoms with Crippen LogP contribution in [0.5, 0.6) is 5.75 Å². The number of halogens is 1. The van der Waals surface area contributed by atoms with Crippen molar-refractivity contribution in [2.24, 2.45) is 0 Å². The van der Waals surface area contributed by atoms with E-state index in [-0.39, 0.29) is 24.7 Å². The van der Waals surface area contributed by atoms with Crippen LogP contribution in [-0.2, 0) is 33.8 Å². The first-order valence-corrected chi connectivity index (χ1v) is 9.89. The van der Waals surface area contributed by atoms with Gasteiger partial charge in [-0.05, 0) is 28.8 Å². The molecule has 0 saturated heterocycles. The van der Waals surface area contributed by atoms with E-state index in [1.165, 1.54) is 19.2 Å². The Kier molecular flexibility index (Phi) is 7.76. The van der Waals surface area contributed by atoms with Crippen molar-refractivity contribution < 1.29 is 23.5 Å². The summed E-state index contributed by atoms with van der Waals surface area (Å²) in [6, 6.07) is 23.5. The van der Waals surface area contributed by atoms with Crippen LogP contribution in [-0.4, -0.2) is 30.5 Å². The lowest BCUT2D eigenvalue weighted by Crippen LogP contribution is -2.34. The molecule has 0 unspecified atom stereocenters. The van der Waals surface area contributed by atoms with Crippen LogP contribution in [0, 0.1) is 5.82 Å². The standard InChI is InChI=1S/C25H24FNO4/c1-30-23-13-12-21(14-22(23)26)15-25(29)31-18-24(28)27(16-19-8-4-2-5-9-19)17-20-10-6-3-7-11-20/h2-14H,15-18H2,1H3. The summed E-state index contributed by atoms with van der Waals surface area (Å²) in [7, 11) is 1.37. The number of hydrogen-bond donors (Lipinski definition) is 0. The number of ether oxygens (including phenoxy) is 2. The Morgan fingerprint density at radius 1 is 0.839 bits per heavy atom. The minimum atomic E-state index is -0.600. The summed E-state index contributed by atoms with van der Waals surface area (Å²) in [5.74, 6) is -1.36. The number of rotatable bonds is 9. The lowest BCUT2D eigenvalue weighted by molar-refractivity contribution is -0.152. The van der Waals surface area contributed by atoms with E-state index in [0.29, 0.717) is 18.7 Å². The fourth-order valence-corrected chi connectivity index (χ4v) is 3.11. The molecule has 0 heterocycles. The molecule has 5 nitrogen and oxygen atoms in total. The predicted octanol–water partition coefficient (Wildman–Crippen LogP) is 4.15. The molecule has 0 aromatic heterocycles. The summed E-state index contributed by atoms with van der Waals surface area (Å²) < 4.78 is 23.8. The quantitative estimate of drug-likeness (QED) is 0.487. The van der Waals surface area contributed by atoms with Gasteiger partial charge < -0.3 is 14.4 Å². The molecule has 0 radical (unpaired) electrons. The van der Waals surface area contributed by atoms with Crippen LogP contribution >= 0.6 is 0 Å². The molecule has 0 aliphatic carbocycles. The van der Waals surface area contributed by atoms with Gasteiger partial charge in [-0.2, -0.15) is 0 Å². The van der Waals surface area contributed by atoms with Crippen LogP contribution in [0.3, 0.4) is 0 Å². The van der Waals surface area contributed by atoms with Crippen molar-refractivity contribution >= 4 is 11.9 Å². The number of carbonyl (C=O) groups is 2. The highest BCUT2D eigenvalue weighted by molar-refractivity contribution is 5.81. The molecule has 1 amide bonds. The van der Waals surface area contributed by atoms with Crippen molar-refractivity contribution in [1.82, 2.24) is 4.90 Å². The number of carbonyl (C=O) groups excluding carboxylic acids is 2. The zero-order valence-corrected chi connectivity index (χ0v) is 17.3. The average molecular weight is 421 g/mol. The minimum absolute atomic E-state index is 0.102. The van der Waals surface area contributed by atoms with Gasteiger partial charge in [0.1, 0.15) is 0 Å². The summed E-state index contributed by atoms with van der Waals surface area (Å²) in [6.07, 6.45) is -0.133. The Morgan fingerprint density at radius 2 is 1.42 bits per heavy atom. The molecule has 3 rings (SSSR count). The van der Waals surface area contributed by atoms with Crippen molar-refractivity contribution in [3.05, 3.63) is 101 Å². The van der Waals surface area contributed by atoms with Gasteiger partial charge in [-0.1, -0.05) is 66.7 Å². The Balaban J connectivity index is 1.61. The molecule has 0 N–H and O–H groups in total. The summed E-state index contributed by atoms with van der Waals surface area (Å²) in [6.45, 7) is 0.419. The summed E-state index contributed by atoms with van der Waals surface area (Å²) in [4.78, 5) is 26.6. The number of nitrogens with zero attached hydrogens (tertiary/aromatic N) is 1. The summed E-state index contributed by atoms with van der Waals surface area (Å²) >= 11 is 0. The Hall–Kier alpha value is -3.67. The second kappa shape index (κ2) is 10.9. The van der Waals surface area contributed by atoms with Gasteiger partial charge in [0.15, 0.2) is 18.2 Å². The third kappa shape index (κ3) is 6.67. The van der Waals surface area contributed by atoms with Crippen LogP contribution in [0.1, 0.15) is 16.7 Å². The molecular formula is C25H24FNO4. The van der Waals surface area contributed by atoms with Crippen molar-refractivity contribution in [3.63, 3.8) is 0 Å². The number of esters is 1. The third-order valence-corrected chi connectivity index (χ3v) is 4.71. The van der Waals surface area contributed by atoms with Crippen LogP contribution in [0.25, 0.3) is 0 Å².